The van der Waals surface area contributed by atoms with Gasteiger partial charge >= 0.3 is 5.82 Å². The van der Waals surface area contributed by atoms with Crippen LogP contribution < -0.4 is 0 Å². The lowest BCUT2D eigenvalue weighted by molar-refractivity contribution is -0.440. The Morgan fingerprint density at radius 3 is 2.16 bits per heavy atom. The third-order valence-corrected chi connectivity index (χ3v) is 3.46. The number of nitrogens with one attached hydrogen (secondary N) is 1. The Kier molecular flexibility index (Phi) is 3.71. The lowest BCUT2D eigenvalue weighted by atomic mass is 10.1. The monoisotopic (exact) mass is 333 g/mol. The Morgan fingerprint density at radius 1 is 0.840 bits per heavy atom. The minimum Gasteiger partial charge on any atom is -0.690 e. The predicted molar refractivity (Wildman–Crippen MR) is 86.9 cm³/mol. The van der Waals surface area contributed by atoms with Gasteiger partial charge in [-0.15, -0.1) is 14.6 Å². The molecule has 2 aromatic heterocycles. The Balaban J connectivity index is 1.73. The number of hydrogen-bond acceptors (Lipinski definition) is 7. The summed E-state index contributed by atoms with van der Waals surface area (Å²) in [6, 6.07) is 18.4. The highest BCUT2D eigenvalue weighted by Crippen LogP contribution is 2.29. The van der Waals surface area contributed by atoms with Crippen molar-refractivity contribution in [3.05, 3.63) is 65.9 Å². The first-order valence-corrected chi connectivity index (χ1v) is 7.36. The molecular formula is C16H11N7O2. The Morgan fingerprint density at radius 2 is 1.48 bits per heavy atom. The van der Waals surface area contributed by atoms with Crippen LogP contribution in [0.3, 0.4) is 0 Å². The van der Waals surface area contributed by atoms with Crippen molar-refractivity contribution in [3.63, 3.8) is 0 Å². The van der Waals surface area contributed by atoms with E-state index < -0.39 is 0 Å². The molecule has 4 aromatic rings. The fourth-order valence-corrected chi connectivity index (χ4v) is 2.31. The third kappa shape index (κ3) is 2.85. The van der Waals surface area contributed by atoms with Gasteiger partial charge in [-0.2, -0.15) is 10.3 Å². The molecule has 122 valence electrons. The van der Waals surface area contributed by atoms with Gasteiger partial charge in [-0.05, 0) is 5.16 Å². The Labute approximate surface area is 141 Å². The van der Waals surface area contributed by atoms with E-state index in [-0.39, 0.29) is 11.6 Å². The molecule has 0 saturated heterocycles. The summed E-state index contributed by atoms with van der Waals surface area (Å²) in [7, 11) is 0. The minimum atomic E-state index is -0.0618. The van der Waals surface area contributed by atoms with Crippen LogP contribution in [0, 0.1) is 5.21 Å². The largest absolute Gasteiger partial charge is 0.690 e. The highest BCUT2D eigenvalue weighted by atomic mass is 16.6. The summed E-state index contributed by atoms with van der Waals surface area (Å²) in [4.78, 5) is 0.323. The maximum absolute atomic E-state index is 12.5. The number of benzene rings is 2. The number of aromatic nitrogens is 5. The van der Waals surface area contributed by atoms with E-state index >= 15 is 0 Å². The zero-order valence-corrected chi connectivity index (χ0v) is 12.8. The summed E-state index contributed by atoms with van der Waals surface area (Å²) in [5, 5.41) is 34.3. The van der Waals surface area contributed by atoms with Crippen LogP contribution in [-0.2, 0) is 0 Å². The van der Waals surface area contributed by atoms with Crippen LogP contribution in [0.5, 0.6) is 0 Å². The van der Waals surface area contributed by atoms with Gasteiger partial charge in [0.05, 0.1) is 0 Å². The lowest BCUT2D eigenvalue weighted by Crippen LogP contribution is -1.94. The Hall–Kier alpha value is -3.88. The van der Waals surface area contributed by atoms with Gasteiger partial charge < -0.3 is 5.21 Å². The molecule has 0 unspecified atom stereocenters. The van der Waals surface area contributed by atoms with Gasteiger partial charge in [-0.1, -0.05) is 65.8 Å². The molecule has 1 N–H and O–H groups in total. The summed E-state index contributed by atoms with van der Waals surface area (Å²) < 4.78 is 4.71. The molecule has 9 heteroatoms. The first-order valence-electron chi connectivity index (χ1n) is 7.36. The van der Waals surface area contributed by atoms with Crippen molar-refractivity contribution in [2.45, 2.75) is 0 Å². The van der Waals surface area contributed by atoms with Gasteiger partial charge in [0.15, 0.2) is 5.16 Å². The average Bonchev–Trinajstić information content (AvgIpc) is 3.32. The number of H-pyrrole nitrogens is 1. The number of azo groups is 1. The van der Waals surface area contributed by atoms with Gasteiger partial charge in [0, 0.05) is 11.1 Å². The molecule has 2 heterocycles. The van der Waals surface area contributed by atoms with Crippen molar-refractivity contribution in [1.29, 1.82) is 0 Å². The summed E-state index contributed by atoms with van der Waals surface area (Å²) >= 11 is 0. The standard InChI is InChI=1S/C16H11N7O2/c24-23(16-14(20-25-21-16)12-9-5-2-6-10-12)19-15-13(17-22-18-15)11-7-3-1-4-8-11/h1-10H,(H,17,18,22). The molecule has 9 nitrogen and oxygen atoms in total. The molecule has 0 atom stereocenters. The van der Waals surface area contributed by atoms with Gasteiger partial charge in [-0.25, -0.2) is 0 Å². The molecule has 0 spiro atoms. The molecule has 0 aliphatic heterocycles. The highest BCUT2D eigenvalue weighted by molar-refractivity contribution is 5.68. The predicted octanol–water partition coefficient (Wildman–Crippen LogP) is 3.45. The second-order valence-electron chi connectivity index (χ2n) is 5.04. The van der Waals surface area contributed by atoms with Crippen LogP contribution in [0.2, 0.25) is 0 Å². The van der Waals surface area contributed by atoms with E-state index in [0.717, 1.165) is 5.56 Å². The second kappa shape index (κ2) is 6.32. The van der Waals surface area contributed by atoms with E-state index in [1.807, 2.05) is 48.5 Å². The maximum Gasteiger partial charge on any atom is 0.426 e. The molecule has 0 aliphatic rings. The molecule has 0 bridgehead atoms. The summed E-state index contributed by atoms with van der Waals surface area (Å²) in [5.41, 5.74) is 2.23. The van der Waals surface area contributed by atoms with Crippen LogP contribution in [0.15, 0.2) is 70.4 Å². The first kappa shape index (κ1) is 14.7. The molecule has 0 saturated carbocycles. The lowest BCUT2D eigenvalue weighted by Gasteiger charge is -2.01. The van der Waals surface area contributed by atoms with E-state index in [1.165, 1.54) is 0 Å². The minimum absolute atomic E-state index is 0.0618. The van der Waals surface area contributed by atoms with Crippen LogP contribution >= 0.6 is 0 Å². The quantitative estimate of drug-likeness (QED) is 0.347. The molecule has 0 radical (unpaired) electrons. The van der Waals surface area contributed by atoms with Crippen molar-refractivity contribution in [2.75, 3.05) is 0 Å². The fraction of sp³-hybridized carbons (Fsp3) is 0. The smallest absolute Gasteiger partial charge is 0.426 e. The van der Waals surface area contributed by atoms with Crippen molar-refractivity contribution in [3.8, 4) is 22.5 Å². The first-order chi connectivity index (χ1) is 12.3. The number of nitrogens with zero attached hydrogens (tertiary/aromatic N) is 6. The number of aromatic amines is 1. The highest BCUT2D eigenvalue weighted by Gasteiger charge is 2.23. The van der Waals surface area contributed by atoms with E-state index in [1.54, 1.807) is 12.1 Å². The molecular weight excluding hydrogens is 322 g/mol. The third-order valence-electron chi connectivity index (χ3n) is 3.46. The van der Waals surface area contributed by atoms with E-state index in [4.69, 9.17) is 4.63 Å². The summed E-state index contributed by atoms with van der Waals surface area (Å²) in [6.07, 6.45) is 0. The van der Waals surface area contributed by atoms with Crippen molar-refractivity contribution < 1.29 is 9.49 Å². The van der Waals surface area contributed by atoms with Crippen LogP contribution in [0.1, 0.15) is 0 Å². The van der Waals surface area contributed by atoms with Crippen LogP contribution in [0.4, 0.5) is 11.6 Å². The van der Waals surface area contributed by atoms with E-state index in [9.17, 15) is 5.21 Å². The van der Waals surface area contributed by atoms with Gasteiger partial charge in [0.2, 0.25) is 11.5 Å². The second-order valence-corrected chi connectivity index (χ2v) is 5.04. The zero-order chi connectivity index (χ0) is 17.1. The van der Waals surface area contributed by atoms with Crippen molar-refractivity contribution >= 4 is 11.6 Å². The molecule has 2 aromatic carbocycles. The number of rotatable bonds is 4. The fourth-order valence-electron chi connectivity index (χ4n) is 2.31. The van der Waals surface area contributed by atoms with E-state index in [0.29, 0.717) is 21.8 Å². The molecule has 0 aliphatic carbocycles. The van der Waals surface area contributed by atoms with E-state index in [2.05, 4.69) is 30.8 Å². The SMILES string of the molecule is [O-][N+](=Nc1n[nH]nc1-c1ccccc1)c1nonc1-c1ccccc1. The average molecular weight is 333 g/mol. The Bertz CT molecular complexity index is 1010. The molecule has 25 heavy (non-hydrogen) atoms. The van der Waals surface area contributed by atoms with Crippen LogP contribution in [0.25, 0.3) is 22.5 Å². The molecule has 4 rings (SSSR count). The van der Waals surface area contributed by atoms with Crippen molar-refractivity contribution in [2.24, 2.45) is 5.11 Å². The summed E-state index contributed by atoms with van der Waals surface area (Å²) in [5.74, 6) is 0.0800. The topological polar surface area (TPSA) is 119 Å². The van der Waals surface area contributed by atoms with Crippen LogP contribution in [-0.4, -0.2) is 30.6 Å². The van der Waals surface area contributed by atoms with Gasteiger partial charge in [0.25, 0.3) is 0 Å². The summed E-state index contributed by atoms with van der Waals surface area (Å²) in [6.45, 7) is 0. The zero-order valence-electron chi connectivity index (χ0n) is 12.8. The van der Waals surface area contributed by atoms with Gasteiger partial charge in [-0.3, -0.25) is 0 Å². The van der Waals surface area contributed by atoms with Gasteiger partial charge in [0.1, 0.15) is 5.69 Å². The molecule has 0 fully saturated rings. The molecule has 0 amide bonds. The number of hydrogen-bond donors (Lipinski definition) is 1. The maximum atomic E-state index is 12.5. The van der Waals surface area contributed by atoms with Crippen molar-refractivity contribution in [1.82, 2.24) is 25.7 Å². The normalized spacial score (nSPS) is 11.6.